The predicted molar refractivity (Wildman–Crippen MR) is 88.7 cm³/mol. The molecule has 21 heavy (non-hydrogen) atoms. The molecule has 0 aliphatic carbocycles. The van der Waals surface area contributed by atoms with Crippen LogP contribution >= 0.6 is 0 Å². The first-order chi connectivity index (χ1) is 9.80. The normalized spacial score (nSPS) is 25.6. The number of hydrogen-bond donors (Lipinski definition) is 1. The summed E-state index contributed by atoms with van der Waals surface area (Å²) >= 11 is 0. The van der Waals surface area contributed by atoms with E-state index in [0.717, 1.165) is 31.7 Å². The Morgan fingerprint density at radius 3 is 2.48 bits per heavy atom. The number of quaternary nitrogens is 1. The summed E-state index contributed by atoms with van der Waals surface area (Å²) in [5.41, 5.74) is 2.38. The van der Waals surface area contributed by atoms with Gasteiger partial charge in [0.05, 0.1) is 37.3 Å². The molecule has 1 heterocycles. The molecule has 1 aromatic rings. The van der Waals surface area contributed by atoms with Crippen molar-refractivity contribution in [3.8, 4) is 0 Å². The average molecular weight is 289 g/mol. The first kappa shape index (κ1) is 16.2. The molecule has 116 valence electrons. The second-order valence-electron chi connectivity index (χ2n) is 7.37. The molecule has 1 saturated heterocycles. The number of ether oxygens (including phenoxy) is 1. The number of aryl methyl sites for hydroxylation is 1. The van der Waals surface area contributed by atoms with Gasteiger partial charge in [0, 0.05) is 12.8 Å². The third kappa shape index (κ3) is 4.65. The lowest BCUT2D eigenvalue weighted by Gasteiger charge is -2.42. The van der Waals surface area contributed by atoms with Crippen LogP contribution in [0, 0.1) is 12.3 Å². The maximum Gasteiger partial charge on any atom is 0.0876 e. The first-order valence-electron chi connectivity index (χ1n) is 7.85. The van der Waals surface area contributed by atoms with Crippen LogP contribution in [0.5, 0.6) is 0 Å². The Bertz CT molecular complexity index is 490. The maximum absolute atomic E-state index is 5.90. The second-order valence-corrected chi connectivity index (χ2v) is 7.37. The monoisotopic (exact) mass is 289 g/mol. The third-order valence-corrected chi connectivity index (χ3v) is 4.10. The zero-order valence-corrected chi connectivity index (χ0v) is 14.1. The summed E-state index contributed by atoms with van der Waals surface area (Å²) in [6.07, 6.45) is 4.27. The number of nitrogens with one attached hydrogen (secondary N) is 1. The van der Waals surface area contributed by atoms with Gasteiger partial charge in [0.15, 0.2) is 0 Å². The van der Waals surface area contributed by atoms with E-state index >= 15 is 0 Å². The van der Waals surface area contributed by atoms with Gasteiger partial charge in [-0.05, 0) is 45.7 Å². The lowest BCUT2D eigenvalue weighted by atomic mass is 9.74. The van der Waals surface area contributed by atoms with Gasteiger partial charge >= 0.3 is 0 Å². The number of nitrogens with zero attached hydrogens (tertiary/aromatic N) is 1. The third-order valence-electron chi connectivity index (χ3n) is 4.10. The molecule has 3 heteroatoms. The summed E-state index contributed by atoms with van der Waals surface area (Å²) in [5, 5.41) is 0. The molecule has 0 radical (unpaired) electrons. The fourth-order valence-electron chi connectivity index (χ4n) is 3.37. The smallest absolute Gasteiger partial charge is 0.0876 e. The van der Waals surface area contributed by atoms with Crippen molar-refractivity contribution in [2.45, 2.75) is 39.2 Å². The Balaban J connectivity index is 2.21. The minimum atomic E-state index is -0.0625. The van der Waals surface area contributed by atoms with Gasteiger partial charge in [-0.3, -0.25) is 4.99 Å². The number of aliphatic imine (C=N–C) groups is 1. The van der Waals surface area contributed by atoms with E-state index in [9.17, 15) is 0 Å². The zero-order chi connectivity index (χ0) is 15.5. The van der Waals surface area contributed by atoms with Gasteiger partial charge in [0.1, 0.15) is 0 Å². The predicted octanol–water partition coefficient (Wildman–Crippen LogP) is 2.42. The van der Waals surface area contributed by atoms with Crippen molar-refractivity contribution in [2.24, 2.45) is 10.4 Å². The Morgan fingerprint density at radius 1 is 1.24 bits per heavy atom. The Morgan fingerprint density at radius 2 is 1.90 bits per heavy atom. The molecule has 1 aliphatic rings. The highest BCUT2D eigenvalue weighted by Gasteiger charge is 2.41. The molecule has 3 nitrogen and oxygen atoms in total. The van der Waals surface area contributed by atoms with E-state index in [1.807, 2.05) is 0 Å². The minimum Gasteiger partial charge on any atom is -0.376 e. The van der Waals surface area contributed by atoms with Crippen molar-refractivity contribution in [3.63, 3.8) is 0 Å². The Hall–Kier alpha value is -1.19. The van der Waals surface area contributed by atoms with Crippen molar-refractivity contribution in [1.29, 1.82) is 0 Å². The molecule has 1 N–H and O–H groups in total. The minimum absolute atomic E-state index is 0.0625. The van der Waals surface area contributed by atoms with Crippen LogP contribution in [0.4, 0.5) is 5.69 Å². The number of benzene rings is 1. The van der Waals surface area contributed by atoms with Crippen molar-refractivity contribution in [2.75, 3.05) is 27.2 Å². The van der Waals surface area contributed by atoms with E-state index in [-0.39, 0.29) is 11.0 Å². The fourth-order valence-corrected chi connectivity index (χ4v) is 3.37. The van der Waals surface area contributed by atoms with Crippen LogP contribution in [0.25, 0.3) is 0 Å². The standard InChI is InChI=1S/C18H28N2O/c1-15-6-8-16(9-7-15)19-13-18(14-20(4)5)10-11-21-17(2,3)12-18/h6-9,13H,10-12,14H2,1-5H3/p+1/t18-/m1/s1. The van der Waals surface area contributed by atoms with Crippen molar-refractivity contribution in [1.82, 2.24) is 0 Å². The van der Waals surface area contributed by atoms with Gasteiger partial charge in [0.25, 0.3) is 0 Å². The summed E-state index contributed by atoms with van der Waals surface area (Å²) in [6.45, 7) is 8.39. The second kappa shape index (κ2) is 6.29. The van der Waals surface area contributed by atoms with E-state index in [2.05, 4.69) is 65.3 Å². The van der Waals surface area contributed by atoms with Crippen LogP contribution < -0.4 is 4.90 Å². The molecule has 0 unspecified atom stereocenters. The highest BCUT2D eigenvalue weighted by Crippen LogP contribution is 2.37. The summed E-state index contributed by atoms with van der Waals surface area (Å²) in [4.78, 5) is 6.23. The van der Waals surface area contributed by atoms with Gasteiger partial charge in [-0.1, -0.05) is 17.7 Å². The zero-order valence-electron chi connectivity index (χ0n) is 14.1. The molecular weight excluding hydrogens is 260 g/mol. The molecule has 1 aromatic carbocycles. The highest BCUT2D eigenvalue weighted by atomic mass is 16.5. The van der Waals surface area contributed by atoms with Gasteiger partial charge in [-0.15, -0.1) is 0 Å². The highest BCUT2D eigenvalue weighted by molar-refractivity contribution is 5.70. The molecule has 1 fully saturated rings. The molecule has 0 amide bonds. The quantitative estimate of drug-likeness (QED) is 0.847. The van der Waals surface area contributed by atoms with Crippen LogP contribution in [0.3, 0.4) is 0 Å². The lowest BCUT2D eigenvalue weighted by molar-refractivity contribution is -0.864. The molecule has 0 spiro atoms. The van der Waals surface area contributed by atoms with Gasteiger partial charge in [0.2, 0.25) is 0 Å². The SMILES string of the molecule is Cc1ccc(N=C[C@@]2(C[NH+](C)C)CCOC(C)(C)C2)cc1. The van der Waals surface area contributed by atoms with E-state index in [1.165, 1.54) is 10.5 Å². The molecule has 2 rings (SSSR count). The Kier molecular flexibility index (Phi) is 4.84. The fraction of sp³-hybridized carbons (Fsp3) is 0.611. The molecule has 1 atom stereocenters. The van der Waals surface area contributed by atoms with Crippen molar-refractivity contribution < 1.29 is 9.64 Å². The first-order valence-corrected chi connectivity index (χ1v) is 7.85. The molecule has 0 bridgehead atoms. The average Bonchev–Trinajstić information content (AvgIpc) is 2.36. The topological polar surface area (TPSA) is 26.0 Å². The van der Waals surface area contributed by atoms with Crippen LogP contribution in [-0.2, 0) is 4.74 Å². The maximum atomic E-state index is 5.90. The number of rotatable bonds is 4. The Labute approximate surface area is 129 Å². The lowest BCUT2D eigenvalue weighted by Crippen LogP contribution is -3.07. The van der Waals surface area contributed by atoms with Crippen molar-refractivity contribution >= 4 is 11.9 Å². The van der Waals surface area contributed by atoms with E-state index in [1.54, 1.807) is 0 Å². The number of hydrogen-bond acceptors (Lipinski definition) is 2. The summed E-state index contributed by atoms with van der Waals surface area (Å²) < 4.78 is 5.90. The molecule has 0 aromatic heterocycles. The largest absolute Gasteiger partial charge is 0.376 e. The van der Waals surface area contributed by atoms with Crippen molar-refractivity contribution in [3.05, 3.63) is 29.8 Å². The van der Waals surface area contributed by atoms with Crippen LogP contribution in [0.2, 0.25) is 0 Å². The van der Waals surface area contributed by atoms with Gasteiger partial charge in [-0.2, -0.15) is 0 Å². The van der Waals surface area contributed by atoms with E-state index in [0.29, 0.717) is 0 Å². The summed E-state index contributed by atoms with van der Waals surface area (Å²) in [6, 6.07) is 8.41. The van der Waals surface area contributed by atoms with Crippen LogP contribution in [0.1, 0.15) is 32.3 Å². The van der Waals surface area contributed by atoms with Crippen LogP contribution in [-0.4, -0.2) is 39.1 Å². The summed E-state index contributed by atoms with van der Waals surface area (Å²) in [7, 11) is 4.42. The van der Waals surface area contributed by atoms with Gasteiger partial charge < -0.3 is 9.64 Å². The molecular formula is C18H29N2O+. The molecule has 1 aliphatic heterocycles. The van der Waals surface area contributed by atoms with Crippen LogP contribution in [0.15, 0.2) is 29.3 Å². The van der Waals surface area contributed by atoms with E-state index < -0.39 is 0 Å². The summed E-state index contributed by atoms with van der Waals surface area (Å²) in [5.74, 6) is 0. The van der Waals surface area contributed by atoms with E-state index in [4.69, 9.17) is 9.73 Å². The molecule has 0 saturated carbocycles. The van der Waals surface area contributed by atoms with Gasteiger partial charge in [-0.25, -0.2) is 0 Å².